The molecule has 2 heterocycles. The molecule has 0 amide bonds. The van der Waals surface area contributed by atoms with Gasteiger partial charge < -0.3 is 4.74 Å². The Bertz CT molecular complexity index is 621. The highest BCUT2D eigenvalue weighted by molar-refractivity contribution is 5.66. The van der Waals surface area contributed by atoms with E-state index in [4.69, 9.17) is 10.00 Å². The van der Waals surface area contributed by atoms with Gasteiger partial charge in [0.15, 0.2) is 0 Å². The molecule has 0 spiro atoms. The lowest BCUT2D eigenvalue weighted by Crippen LogP contribution is -2.00. The number of ether oxygens (including phenoxy) is 1. The molecule has 19 heavy (non-hydrogen) atoms. The van der Waals surface area contributed by atoms with E-state index in [-0.39, 0.29) is 0 Å². The lowest BCUT2D eigenvalue weighted by Gasteiger charge is -2.10. The molecule has 0 fully saturated rings. The third-order valence-corrected chi connectivity index (χ3v) is 2.84. The summed E-state index contributed by atoms with van der Waals surface area (Å²) in [5, 5.41) is 9.07. The smallest absolute Gasteiger partial charge is 0.222 e. The number of nitriles is 1. The van der Waals surface area contributed by atoms with Crippen LogP contribution in [0.5, 0.6) is 5.88 Å². The van der Waals surface area contributed by atoms with Gasteiger partial charge >= 0.3 is 0 Å². The lowest BCUT2D eigenvalue weighted by molar-refractivity contribution is 0.328. The number of aryl methyl sites for hydroxylation is 2. The van der Waals surface area contributed by atoms with Crippen LogP contribution in [0.25, 0.3) is 11.3 Å². The van der Waals surface area contributed by atoms with Crippen LogP contribution in [0.3, 0.4) is 0 Å². The molecule has 0 aromatic carbocycles. The normalized spacial score (nSPS) is 10.0. The highest BCUT2D eigenvalue weighted by atomic mass is 16.5. The van der Waals surface area contributed by atoms with Crippen molar-refractivity contribution in [2.24, 2.45) is 0 Å². The van der Waals surface area contributed by atoms with E-state index in [0.717, 1.165) is 22.5 Å². The van der Waals surface area contributed by atoms with Gasteiger partial charge in [-0.05, 0) is 44.5 Å². The molecule has 0 bridgehead atoms. The van der Waals surface area contributed by atoms with Crippen LogP contribution < -0.4 is 4.74 Å². The fourth-order valence-electron chi connectivity index (χ4n) is 1.98. The van der Waals surface area contributed by atoms with Crippen molar-refractivity contribution in [2.45, 2.75) is 20.8 Å². The molecule has 2 rings (SSSR count). The zero-order valence-electron chi connectivity index (χ0n) is 11.3. The Balaban J connectivity index is 2.57. The Labute approximate surface area is 112 Å². The Morgan fingerprint density at radius 2 is 2.16 bits per heavy atom. The van der Waals surface area contributed by atoms with Crippen molar-refractivity contribution in [3.05, 3.63) is 41.2 Å². The zero-order valence-corrected chi connectivity index (χ0v) is 11.3. The minimum Gasteiger partial charge on any atom is -0.477 e. The number of rotatable bonds is 3. The second-order valence-electron chi connectivity index (χ2n) is 4.19. The maximum absolute atomic E-state index is 9.07. The fourth-order valence-corrected chi connectivity index (χ4v) is 1.98. The first-order valence-corrected chi connectivity index (χ1v) is 6.14. The van der Waals surface area contributed by atoms with E-state index in [2.05, 4.69) is 16.0 Å². The second kappa shape index (κ2) is 5.49. The first kappa shape index (κ1) is 13.0. The topological polar surface area (TPSA) is 58.8 Å². The maximum atomic E-state index is 9.07. The molecule has 0 N–H and O–H groups in total. The van der Waals surface area contributed by atoms with Gasteiger partial charge in [0.05, 0.1) is 29.1 Å². The van der Waals surface area contributed by atoms with Gasteiger partial charge in [0, 0.05) is 6.20 Å². The van der Waals surface area contributed by atoms with Crippen molar-refractivity contribution in [1.29, 1.82) is 5.26 Å². The highest BCUT2D eigenvalue weighted by Gasteiger charge is 2.12. The molecule has 0 aliphatic carbocycles. The highest BCUT2D eigenvalue weighted by Crippen LogP contribution is 2.28. The number of nitrogens with zero attached hydrogens (tertiary/aromatic N) is 3. The summed E-state index contributed by atoms with van der Waals surface area (Å²) in [6.45, 7) is 6.22. The second-order valence-corrected chi connectivity index (χ2v) is 4.19. The Hall–Kier alpha value is -2.41. The summed E-state index contributed by atoms with van der Waals surface area (Å²) in [5.41, 5.74) is 3.90. The van der Waals surface area contributed by atoms with Crippen LogP contribution in [0.15, 0.2) is 24.4 Å². The summed E-state index contributed by atoms with van der Waals surface area (Å²) in [6.07, 6.45) is 1.69. The first-order chi connectivity index (χ1) is 9.17. The Morgan fingerprint density at radius 1 is 1.37 bits per heavy atom. The molecule has 0 saturated carbocycles. The van der Waals surface area contributed by atoms with Crippen LogP contribution in [0.4, 0.5) is 0 Å². The zero-order chi connectivity index (χ0) is 13.8. The van der Waals surface area contributed by atoms with Gasteiger partial charge in [0.2, 0.25) is 5.88 Å². The summed E-state index contributed by atoms with van der Waals surface area (Å²) in [4.78, 5) is 8.69. The van der Waals surface area contributed by atoms with Gasteiger partial charge in [-0.15, -0.1) is 0 Å². The van der Waals surface area contributed by atoms with Crippen molar-refractivity contribution in [3.63, 3.8) is 0 Å². The molecule has 0 aliphatic heterocycles. The van der Waals surface area contributed by atoms with Crippen molar-refractivity contribution >= 4 is 0 Å². The van der Waals surface area contributed by atoms with E-state index in [9.17, 15) is 0 Å². The van der Waals surface area contributed by atoms with Gasteiger partial charge in [-0.1, -0.05) is 0 Å². The average Bonchev–Trinajstić information content (AvgIpc) is 2.39. The SMILES string of the molecule is CCOc1ncccc1-c1cc(C)c(C#N)c(C)n1. The van der Waals surface area contributed by atoms with E-state index < -0.39 is 0 Å². The van der Waals surface area contributed by atoms with Crippen LogP contribution in [0.2, 0.25) is 0 Å². The summed E-state index contributed by atoms with van der Waals surface area (Å²) < 4.78 is 5.51. The molecule has 2 aromatic rings. The van der Waals surface area contributed by atoms with Crippen LogP contribution in [0, 0.1) is 25.2 Å². The number of pyridine rings is 2. The Kier molecular flexibility index (Phi) is 3.76. The minimum absolute atomic E-state index is 0.554. The number of aromatic nitrogens is 2. The predicted molar refractivity (Wildman–Crippen MR) is 72.8 cm³/mol. The van der Waals surface area contributed by atoms with Gasteiger partial charge in [-0.2, -0.15) is 5.26 Å². The molecule has 0 unspecified atom stereocenters. The standard InChI is InChI=1S/C15H15N3O/c1-4-19-15-12(6-5-7-17-15)14-8-10(2)13(9-16)11(3)18-14/h5-8H,4H2,1-3H3. The van der Waals surface area contributed by atoms with Gasteiger partial charge in [0.1, 0.15) is 6.07 Å². The largest absolute Gasteiger partial charge is 0.477 e. The molecule has 4 heteroatoms. The third kappa shape index (κ3) is 2.55. The molecule has 0 atom stereocenters. The van der Waals surface area contributed by atoms with E-state index in [1.165, 1.54) is 0 Å². The van der Waals surface area contributed by atoms with Crippen molar-refractivity contribution in [1.82, 2.24) is 9.97 Å². The number of hydrogen-bond donors (Lipinski definition) is 0. The van der Waals surface area contributed by atoms with Crippen molar-refractivity contribution < 1.29 is 4.74 Å². The summed E-state index contributed by atoms with van der Waals surface area (Å²) in [5.74, 6) is 0.570. The van der Waals surface area contributed by atoms with Crippen LogP contribution >= 0.6 is 0 Å². The predicted octanol–water partition coefficient (Wildman–Crippen LogP) is 3.03. The minimum atomic E-state index is 0.554. The average molecular weight is 253 g/mol. The van der Waals surface area contributed by atoms with Gasteiger partial charge in [0.25, 0.3) is 0 Å². The molecular weight excluding hydrogens is 238 g/mol. The van der Waals surface area contributed by atoms with Crippen LogP contribution in [0.1, 0.15) is 23.7 Å². The van der Waals surface area contributed by atoms with E-state index in [1.807, 2.05) is 39.0 Å². The maximum Gasteiger partial charge on any atom is 0.222 e. The van der Waals surface area contributed by atoms with Gasteiger partial charge in [-0.3, -0.25) is 4.98 Å². The van der Waals surface area contributed by atoms with E-state index in [0.29, 0.717) is 18.1 Å². The van der Waals surface area contributed by atoms with E-state index >= 15 is 0 Å². The summed E-state index contributed by atoms with van der Waals surface area (Å²) >= 11 is 0. The Morgan fingerprint density at radius 3 is 2.79 bits per heavy atom. The monoisotopic (exact) mass is 253 g/mol. The summed E-state index contributed by atoms with van der Waals surface area (Å²) in [7, 11) is 0. The molecule has 96 valence electrons. The third-order valence-electron chi connectivity index (χ3n) is 2.84. The molecule has 0 radical (unpaired) electrons. The van der Waals surface area contributed by atoms with Crippen molar-refractivity contribution in [2.75, 3.05) is 6.61 Å². The van der Waals surface area contributed by atoms with Crippen LogP contribution in [-0.2, 0) is 0 Å². The quantitative estimate of drug-likeness (QED) is 0.843. The summed E-state index contributed by atoms with van der Waals surface area (Å²) in [6, 6.07) is 7.84. The molecule has 2 aromatic heterocycles. The van der Waals surface area contributed by atoms with Crippen LogP contribution in [-0.4, -0.2) is 16.6 Å². The van der Waals surface area contributed by atoms with E-state index in [1.54, 1.807) is 6.20 Å². The fraction of sp³-hybridized carbons (Fsp3) is 0.267. The lowest BCUT2D eigenvalue weighted by atomic mass is 10.1. The van der Waals surface area contributed by atoms with Crippen molar-refractivity contribution in [3.8, 4) is 23.2 Å². The number of hydrogen-bond acceptors (Lipinski definition) is 4. The van der Waals surface area contributed by atoms with Gasteiger partial charge in [-0.25, -0.2) is 4.98 Å². The molecular formula is C15H15N3O. The molecule has 0 aliphatic rings. The molecule has 0 saturated heterocycles. The first-order valence-electron chi connectivity index (χ1n) is 6.14. The molecule has 4 nitrogen and oxygen atoms in total.